The second kappa shape index (κ2) is 9.59. The summed E-state index contributed by atoms with van der Waals surface area (Å²) in [5.74, 6) is 0.464. The van der Waals surface area contributed by atoms with Crippen LogP contribution in [-0.2, 0) is 16.0 Å². The molecule has 0 saturated carbocycles. The monoisotopic (exact) mass is 362 g/mol. The second-order valence-corrected chi connectivity index (χ2v) is 5.85. The van der Waals surface area contributed by atoms with Crippen LogP contribution >= 0.6 is 0 Å². The molecule has 0 spiro atoms. The van der Waals surface area contributed by atoms with E-state index >= 15 is 0 Å². The highest BCUT2D eigenvalue weighted by atomic mass is 16.5. The number of aryl methyl sites for hydroxylation is 1. The van der Waals surface area contributed by atoms with Crippen LogP contribution in [0.4, 0.5) is 16.4 Å². The third kappa shape index (κ3) is 5.33. The lowest BCUT2D eigenvalue weighted by atomic mass is 10.2. The van der Waals surface area contributed by atoms with E-state index < -0.39 is 12.1 Å². The van der Waals surface area contributed by atoms with E-state index in [9.17, 15) is 9.59 Å². The molecule has 0 saturated heterocycles. The fourth-order valence-corrected chi connectivity index (χ4v) is 2.54. The van der Waals surface area contributed by atoms with E-state index in [2.05, 4.69) is 32.9 Å². The minimum atomic E-state index is -0.499. The van der Waals surface area contributed by atoms with Crippen molar-refractivity contribution in [3.8, 4) is 0 Å². The van der Waals surface area contributed by atoms with Gasteiger partial charge in [0, 0.05) is 24.0 Å². The molecule has 0 bridgehead atoms. The fraction of sp³-hybridized carbons (Fsp3) is 0.529. The summed E-state index contributed by atoms with van der Waals surface area (Å²) in [6.07, 6.45) is 4.93. The number of nitrogens with zero attached hydrogens (tertiary/aromatic N) is 3. The Morgan fingerprint density at radius 1 is 1.23 bits per heavy atom. The van der Waals surface area contributed by atoms with Gasteiger partial charge in [-0.15, -0.1) is 0 Å². The van der Waals surface area contributed by atoms with Crippen molar-refractivity contribution in [3.63, 3.8) is 0 Å². The Bertz CT molecular complexity index is 724. The summed E-state index contributed by atoms with van der Waals surface area (Å²) < 4.78 is 6.61. The van der Waals surface area contributed by atoms with Crippen molar-refractivity contribution >= 4 is 23.6 Å². The highest BCUT2D eigenvalue weighted by Gasteiger charge is 2.22. The highest BCUT2D eigenvalue weighted by molar-refractivity contribution is 5.98. The van der Waals surface area contributed by atoms with Crippen molar-refractivity contribution in [2.75, 3.05) is 17.2 Å². The number of hydrogen-bond acceptors (Lipinski definition) is 5. The van der Waals surface area contributed by atoms with Gasteiger partial charge in [-0.1, -0.05) is 26.7 Å². The summed E-state index contributed by atoms with van der Waals surface area (Å²) in [7, 11) is 0. The zero-order valence-corrected chi connectivity index (χ0v) is 15.4. The lowest BCUT2D eigenvalue weighted by Crippen LogP contribution is -2.23. The van der Waals surface area contributed by atoms with Gasteiger partial charge in [0.1, 0.15) is 6.04 Å². The molecule has 0 aromatic carbocycles. The van der Waals surface area contributed by atoms with Gasteiger partial charge in [-0.25, -0.2) is 9.59 Å². The average Bonchev–Trinajstić information content (AvgIpc) is 3.23. The van der Waals surface area contributed by atoms with E-state index in [-0.39, 0.29) is 5.97 Å². The molecule has 26 heavy (non-hydrogen) atoms. The smallest absolute Gasteiger partial charge is 0.330 e. The number of amides is 2. The number of hydrogen-bond donors (Lipinski definition) is 3. The third-order valence-corrected chi connectivity index (χ3v) is 3.68. The molecule has 2 aromatic heterocycles. The van der Waals surface area contributed by atoms with E-state index in [1.165, 1.54) is 4.68 Å². The van der Waals surface area contributed by atoms with Gasteiger partial charge < -0.3 is 4.74 Å². The number of rotatable bonds is 9. The first-order valence-corrected chi connectivity index (χ1v) is 8.91. The number of aromatic nitrogens is 4. The maximum absolute atomic E-state index is 12.1. The molecule has 9 nitrogen and oxygen atoms in total. The van der Waals surface area contributed by atoms with Gasteiger partial charge in [-0.05, 0) is 19.8 Å². The number of esters is 1. The van der Waals surface area contributed by atoms with Crippen molar-refractivity contribution in [2.45, 2.75) is 52.5 Å². The van der Waals surface area contributed by atoms with Crippen LogP contribution < -0.4 is 10.6 Å². The average molecular weight is 362 g/mol. The second-order valence-electron chi connectivity index (χ2n) is 5.85. The standard InChI is InChI=1S/C17H26N6O3/c1-4-7-12-11-15(21-20-12)19-17(25)18-14-9-10-23(22-14)13(8-5-2)16(24)26-6-3/h9-11,13H,4-8H2,1-3H3,(H3,18,19,20,21,22,25). The molecule has 142 valence electrons. The first-order valence-electron chi connectivity index (χ1n) is 8.91. The summed E-state index contributed by atoms with van der Waals surface area (Å²) in [5, 5.41) is 16.4. The number of nitrogens with one attached hydrogen (secondary N) is 3. The number of urea groups is 1. The number of ether oxygens (including phenoxy) is 1. The minimum absolute atomic E-state index is 0.317. The first kappa shape index (κ1) is 19.5. The Balaban J connectivity index is 1.97. The first-order chi connectivity index (χ1) is 12.6. The molecular formula is C17H26N6O3. The van der Waals surface area contributed by atoms with E-state index in [1.54, 1.807) is 25.3 Å². The molecule has 0 aliphatic heterocycles. The topological polar surface area (TPSA) is 114 Å². The Labute approximate surface area is 152 Å². The molecule has 0 fully saturated rings. The third-order valence-electron chi connectivity index (χ3n) is 3.68. The van der Waals surface area contributed by atoms with Gasteiger partial charge in [0.25, 0.3) is 0 Å². The Kier molecular flexibility index (Phi) is 7.19. The van der Waals surface area contributed by atoms with E-state index in [0.717, 1.165) is 25.0 Å². The predicted molar refractivity (Wildman–Crippen MR) is 98.0 cm³/mol. The summed E-state index contributed by atoms with van der Waals surface area (Å²) >= 11 is 0. The van der Waals surface area contributed by atoms with Crippen LogP contribution in [0.2, 0.25) is 0 Å². The number of anilines is 2. The molecule has 1 atom stereocenters. The largest absolute Gasteiger partial charge is 0.464 e. The lowest BCUT2D eigenvalue weighted by molar-refractivity contribution is -0.147. The Morgan fingerprint density at radius 2 is 2.00 bits per heavy atom. The van der Waals surface area contributed by atoms with E-state index in [4.69, 9.17) is 4.74 Å². The molecule has 1 unspecified atom stereocenters. The molecule has 9 heteroatoms. The van der Waals surface area contributed by atoms with Crippen molar-refractivity contribution in [2.24, 2.45) is 0 Å². The number of H-pyrrole nitrogens is 1. The van der Waals surface area contributed by atoms with Crippen molar-refractivity contribution in [3.05, 3.63) is 24.0 Å². The summed E-state index contributed by atoms with van der Waals surface area (Å²) in [4.78, 5) is 24.1. The highest BCUT2D eigenvalue weighted by Crippen LogP contribution is 2.17. The van der Waals surface area contributed by atoms with Crippen molar-refractivity contribution in [1.82, 2.24) is 20.0 Å². The molecule has 2 amide bonds. The zero-order valence-electron chi connectivity index (χ0n) is 15.4. The van der Waals surface area contributed by atoms with Crippen LogP contribution in [0.25, 0.3) is 0 Å². The molecule has 2 aromatic rings. The van der Waals surface area contributed by atoms with Gasteiger partial charge in [-0.3, -0.25) is 20.4 Å². The normalized spacial score (nSPS) is 11.8. The van der Waals surface area contributed by atoms with Crippen molar-refractivity contribution < 1.29 is 14.3 Å². The maximum atomic E-state index is 12.1. The van der Waals surface area contributed by atoms with E-state index in [0.29, 0.717) is 24.7 Å². The lowest BCUT2D eigenvalue weighted by Gasteiger charge is -2.15. The van der Waals surface area contributed by atoms with Gasteiger partial charge >= 0.3 is 12.0 Å². The molecule has 2 heterocycles. The van der Waals surface area contributed by atoms with Crippen LogP contribution in [0.5, 0.6) is 0 Å². The van der Waals surface area contributed by atoms with Crippen LogP contribution in [-0.4, -0.2) is 38.6 Å². The number of aromatic amines is 1. The molecule has 0 radical (unpaired) electrons. The summed E-state index contributed by atoms with van der Waals surface area (Å²) in [6.45, 7) is 6.14. The van der Waals surface area contributed by atoms with Crippen LogP contribution in [0.1, 0.15) is 51.8 Å². The van der Waals surface area contributed by atoms with Gasteiger partial charge in [0.15, 0.2) is 11.6 Å². The van der Waals surface area contributed by atoms with Gasteiger partial charge in [0.05, 0.1) is 6.61 Å². The molecule has 0 aliphatic rings. The molecule has 2 rings (SSSR count). The Morgan fingerprint density at radius 3 is 2.69 bits per heavy atom. The van der Waals surface area contributed by atoms with Crippen molar-refractivity contribution in [1.29, 1.82) is 0 Å². The SMILES string of the molecule is CCCc1cc(NC(=O)Nc2ccn(C(CCC)C(=O)OCC)n2)n[nH]1. The zero-order chi connectivity index (χ0) is 18.9. The molecule has 0 aliphatic carbocycles. The summed E-state index contributed by atoms with van der Waals surface area (Å²) in [5.41, 5.74) is 0.962. The summed E-state index contributed by atoms with van der Waals surface area (Å²) in [6, 6.07) is 2.48. The van der Waals surface area contributed by atoms with Gasteiger partial charge in [-0.2, -0.15) is 10.2 Å². The van der Waals surface area contributed by atoms with Crippen LogP contribution in [0.3, 0.4) is 0 Å². The quantitative estimate of drug-likeness (QED) is 0.593. The van der Waals surface area contributed by atoms with Gasteiger partial charge in [0.2, 0.25) is 0 Å². The van der Waals surface area contributed by atoms with Crippen LogP contribution in [0, 0.1) is 0 Å². The fourth-order valence-electron chi connectivity index (χ4n) is 2.54. The van der Waals surface area contributed by atoms with Crippen LogP contribution in [0.15, 0.2) is 18.3 Å². The minimum Gasteiger partial charge on any atom is -0.464 e. The molecular weight excluding hydrogens is 336 g/mol. The van der Waals surface area contributed by atoms with E-state index in [1.807, 2.05) is 6.92 Å². The maximum Gasteiger partial charge on any atom is 0.330 e. The molecule has 3 N–H and O–H groups in total. The number of carbonyl (C=O) groups is 2. The number of carbonyl (C=O) groups excluding carboxylic acids is 2. The Hall–Kier alpha value is -2.84. The predicted octanol–water partition coefficient (Wildman–Crippen LogP) is 3.11.